The molecule has 0 fully saturated rings. The quantitative estimate of drug-likeness (QED) is 0.877. The van der Waals surface area contributed by atoms with Gasteiger partial charge in [0.15, 0.2) is 0 Å². The lowest BCUT2D eigenvalue weighted by atomic mass is 10.1. The highest BCUT2D eigenvalue weighted by atomic mass is 32.2. The van der Waals surface area contributed by atoms with E-state index in [-0.39, 0.29) is 11.2 Å². The third-order valence-corrected chi connectivity index (χ3v) is 4.43. The Morgan fingerprint density at radius 1 is 1.14 bits per heavy atom. The van der Waals surface area contributed by atoms with Gasteiger partial charge in [0.2, 0.25) is 5.91 Å². The Balaban J connectivity index is 1.84. The number of nitrogens with zero attached hydrogens (tertiary/aromatic N) is 1. The van der Waals surface area contributed by atoms with E-state index in [9.17, 15) is 4.79 Å². The van der Waals surface area contributed by atoms with E-state index >= 15 is 0 Å². The maximum absolute atomic E-state index is 12.2. The first-order valence-corrected chi connectivity index (χ1v) is 8.16. The van der Waals surface area contributed by atoms with Crippen molar-refractivity contribution in [1.82, 2.24) is 0 Å². The number of hydrogen-bond donors (Lipinski definition) is 1. The van der Waals surface area contributed by atoms with Crippen LogP contribution in [0.5, 0.6) is 0 Å². The smallest absolute Gasteiger partial charge is 0.237 e. The molecule has 4 heteroatoms. The second-order valence-electron chi connectivity index (χ2n) is 4.96. The summed E-state index contributed by atoms with van der Waals surface area (Å²) in [6.07, 6.45) is 0.386. The van der Waals surface area contributed by atoms with Gasteiger partial charge in [0.25, 0.3) is 0 Å². The molecule has 1 amide bonds. The molecule has 0 spiro atoms. The molecular formula is C18H18N2OS. The van der Waals surface area contributed by atoms with E-state index in [0.29, 0.717) is 6.42 Å². The van der Waals surface area contributed by atoms with Crippen molar-refractivity contribution < 1.29 is 4.79 Å². The van der Waals surface area contributed by atoms with Crippen LogP contribution in [0, 0.1) is 11.3 Å². The van der Waals surface area contributed by atoms with Gasteiger partial charge < -0.3 is 5.32 Å². The predicted molar refractivity (Wildman–Crippen MR) is 91.6 cm³/mol. The van der Waals surface area contributed by atoms with Crippen LogP contribution in [0.1, 0.15) is 18.1 Å². The normalized spacial score (nSPS) is 11.5. The first-order chi connectivity index (χ1) is 10.7. The molecule has 0 saturated heterocycles. The Labute approximate surface area is 135 Å². The van der Waals surface area contributed by atoms with E-state index in [1.165, 1.54) is 5.56 Å². The lowest BCUT2D eigenvalue weighted by Gasteiger charge is -2.12. The molecule has 0 heterocycles. The van der Waals surface area contributed by atoms with Crippen molar-refractivity contribution in [3.63, 3.8) is 0 Å². The van der Waals surface area contributed by atoms with Gasteiger partial charge in [-0.05, 0) is 30.2 Å². The van der Waals surface area contributed by atoms with Gasteiger partial charge in [-0.15, -0.1) is 11.8 Å². The number of rotatable bonds is 6. The highest BCUT2D eigenvalue weighted by Gasteiger charge is 2.13. The van der Waals surface area contributed by atoms with E-state index in [0.717, 1.165) is 17.0 Å². The molecule has 1 atom stereocenters. The van der Waals surface area contributed by atoms with Crippen LogP contribution in [0.15, 0.2) is 54.6 Å². The van der Waals surface area contributed by atoms with Crippen LogP contribution in [0.3, 0.4) is 0 Å². The van der Waals surface area contributed by atoms with Crippen molar-refractivity contribution in [3.8, 4) is 6.07 Å². The Kier molecular flexibility index (Phi) is 6.05. The highest BCUT2D eigenvalue weighted by Crippen LogP contribution is 2.19. The summed E-state index contributed by atoms with van der Waals surface area (Å²) in [6.45, 7) is 1.91. The molecule has 3 nitrogen and oxygen atoms in total. The first-order valence-electron chi connectivity index (χ1n) is 7.11. The molecule has 112 valence electrons. The van der Waals surface area contributed by atoms with Crippen LogP contribution in [0.4, 0.5) is 5.69 Å². The van der Waals surface area contributed by atoms with Crippen LogP contribution < -0.4 is 5.32 Å². The summed E-state index contributed by atoms with van der Waals surface area (Å²) in [5.41, 5.74) is 2.93. The topological polar surface area (TPSA) is 52.9 Å². The molecule has 2 rings (SSSR count). The standard InChI is InChI=1S/C18H18N2OS/c1-14(22-13-16-5-3-2-4-6-16)18(21)20-17-9-7-15(8-10-17)11-12-19/h2-10,14H,11,13H2,1H3,(H,20,21). The van der Waals surface area contributed by atoms with Crippen molar-refractivity contribution in [2.45, 2.75) is 24.3 Å². The molecule has 0 bridgehead atoms. The van der Waals surface area contributed by atoms with Crippen molar-refractivity contribution >= 4 is 23.4 Å². The zero-order valence-corrected chi connectivity index (χ0v) is 13.3. The number of nitriles is 1. The molecule has 22 heavy (non-hydrogen) atoms. The second kappa shape index (κ2) is 8.26. The lowest BCUT2D eigenvalue weighted by molar-refractivity contribution is -0.115. The molecule has 0 aliphatic carbocycles. The third-order valence-electron chi connectivity index (χ3n) is 3.22. The van der Waals surface area contributed by atoms with E-state index in [4.69, 9.17) is 5.26 Å². The van der Waals surface area contributed by atoms with E-state index < -0.39 is 0 Å². The number of nitrogens with one attached hydrogen (secondary N) is 1. The largest absolute Gasteiger partial charge is 0.325 e. The molecule has 0 saturated carbocycles. The number of anilines is 1. The summed E-state index contributed by atoms with van der Waals surface area (Å²) in [5.74, 6) is 0.810. The minimum absolute atomic E-state index is 0.00559. The number of benzene rings is 2. The fourth-order valence-electron chi connectivity index (χ4n) is 1.91. The zero-order chi connectivity index (χ0) is 15.8. The Hall–Kier alpha value is -2.25. The van der Waals surface area contributed by atoms with Gasteiger partial charge >= 0.3 is 0 Å². The first kappa shape index (κ1) is 16.1. The molecule has 0 aliphatic heterocycles. The third kappa shape index (κ3) is 4.94. The average Bonchev–Trinajstić information content (AvgIpc) is 2.55. The lowest BCUT2D eigenvalue weighted by Crippen LogP contribution is -2.22. The SMILES string of the molecule is CC(SCc1ccccc1)C(=O)Nc1ccc(CC#N)cc1. The van der Waals surface area contributed by atoms with Crippen LogP contribution in [-0.4, -0.2) is 11.2 Å². The maximum atomic E-state index is 12.2. The summed E-state index contributed by atoms with van der Waals surface area (Å²) >= 11 is 1.61. The van der Waals surface area contributed by atoms with Crippen molar-refractivity contribution in [3.05, 3.63) is 65.7 Å². The fraction of sp³-hybridized carbons (Fsp3) is 0.222. The molecule has 2 aromatic rings. The van der Waals surface area contributed by atoms with Gasteiger partial charge in [-0.25, -0.2) is 0 Å². The van der Waals surface area contributed by atoms with Crippen LogP contribution in [0.2, 0.25) is 0 Å². The van der Waals surface area contributed by atoms with Crippen LogP contribution in [-0.2, 0) is 17.0 Å². The Bertz CT molecular complexity index is 647. The minimum Gasteiger partial charge on any atom is -0.325 e. The second-order valence-corrected chi connectivity index (χ2v) is 6.29. The highest BCUT2D eigenvalue weighted by molar-refractivity contribution is 7.99. The van der Waals surface area contributed by atoms with Gasteiger partial charge in [0.05, 0.1) is 17.7 Å². The molecule has 2 aromatic carbocycles. The van der Waals surface area contributed by atoms with Gasteiger partial charge in [-0.3, -0.25) is 4.79 Å². The number of carbonyl (C=O) groups is 1. The van der Waals surface area contributed by atoms with Gasteiger partial charge in [0, 0.05) is 11.4 Å². The number of carbonyl (C=O) groups excluding carboxylic acids is 1. The van der Waals surface area contributed by atoms with Crippen molar-refractivity contribution in [1.29, 1.82) is 5.26 Å². The summed E-state index contributed by atoms with van der Waals surface area (Å²) in [5, 5.41) is 11.4. The molecular weight excluding hydrogens is 292 g/mol. The molecule has 1 N–H and O–H groups in total. The average molecular weight is 310 g/mol. The summed E-state index contributed by atoms with van der Waals surface area (Å²) in [4.78, 5) is 12.2. The van der Waals surface area contributed by atoms with E-state index in [1.54, 1.807) is 11.8 Å². The van der Waals surface area contributed by atoms with Crippen molar-refractivity contribution in [2.24, 2.45) is 0 Å². The summed E-state index contributed by atoms with van der Waals surface area (Å²) < 4.78 is 0. The van der Waals surface area contributed by atoms with Gasteiger partial charge in [-0.2, -0.15) is 5.26 Å². The number of thioether (sulfide) groups is 1. The van der Waals surface area contributed by atoms with Gasteiger partial charge in [-0.1, -0.05) is 42.5 Å². The molecule has 1 unspecified atom stereocenters. The Morgan fingerprint density at radius 3 is 2.45 bits per heavy atom. The molecule has 0 radical (unpaired) electrons. The fourth-order valence-corrected chi connectivity index (χ4v) is 2.76. The molecule has 0 aliphatic rings. The number of amides is 1. The summed E-state index contributed by atoms with van der Waals surface area (Å²) in [6, 6.07) is 19.6. The molecule has 0 aromatic heterocycles. The zero-order valence-electron chi connectivity index (χ0n) is 12.5. The maximum Gasteiger partial charge on any atom is 0.237 e. The van der Waals surface area contributed by atoms with Crippen LogP contribution in [0.25, 0.3) is 0 Å². The summed E-state index contributed by atoms with van der Waals surface area (Å²) in [7, 11) is 0. The van der Waals surface area contributed by atoms with Gasteiger partial charge in [0.1, 0.15) is 0 Å². The van der Waals surface area contributed by atoms with Crippen molar-refractivity contribution in [2.75, 3.05) is 5.32 Å². The monoisotopic (exact) mass is 310 g/mol. The Morgan fingerprint density at radius 2 is 1.82 bits per heavy atom. The van der Waals surface area contributed by atoms with E-state index in [2.05, 4.69) is 23.5 Å². The predicted octanol–water partition coefficient (Wildman–Crippen LogP) is 4.01. The number of hydrogen-bond acceptors (Lipinski definition) is 3. The van der Waals surface area contributed by atoms with Crippen LogP contribution >= 0.6 is 11.8 Å². The van der Waals surface area contributed by atoms with E-state index in [1.807, 2.05) is 49.4 Å². The minimum atomic E-state index is -0.126.